The van der Waals surface area contributed by atoms with Crippen molar-refractivity contribution in [2.75, 3.05) is 6.61 Å². The Morgan fingerprint density at radius 3 is 1.32 bits per heavy atom. The molecule has 0 N–H and O–H groups in total. The molecule has 0 aromatic carbocycles. The first-order chi connectivity index (χ1) is 16.3. The summed E-state index contributed by atoms with van der Waals surface area (Å²) in [6.07, 6.45) is 24.2. The molecule has 1 atom stereocenters. The first kappa shape index (κ1) is 32.9. The van der Waals surface area contributed by atoms with Crippen LogP contribution < -0.4 is 0 Å². The van der Waals surface area contributed by atoms with Gasteiger partial charge in [0.2, 0.25) is 0 Å². The van der Waals surface area contributed by atoms with Crippen molar-refractivity contribution in [1.29, 1.82) is 0 Å². The van der Waals surface area contributed by atoms with E-state index in [-0.39, 0.29) is 36.3 Å². The highest BCUT2D eigenvalue weighted by Crippen LogP contribution is 2.22. The van der Waals surface area contributed by atoms with Gasteiger partial charge in [0.25, 0.3) is 0 Å². The van der Waals surface area contributed by atoms with Gasteiger partial charge in [-0.3, -0.25) is 9.59 Å². The van der Waals surface area contributed by atoms with Gasteiger partial charge < -0.3 is 9.47 Å². The summed E-state index contributed by atoms with van der Waals surface area (Å²) in [4.78, 5) is 23.6. The predicted octanol–water partition coefficient (Wildman–Crippen LogP) is 9.33. The largest absolute Gasteiger partial charge is 0.466 e. The minimum Gasteiger partial charge on any atom is -0.466 e. The van der Waals surface area contributed by atoms with Gasteiger partial charge in [-0.25, -0.2) is 0 Å². The molecule has 0 spiro atoms. The Labute approximate surface area is 212 Å². The molecule has 0 bridgehead atoms. The molecule has 0 aliphatic carbocycles. The summed E-state index contributed by atoms with van der Waals surface area (Å²) in [5, 5.41) is 0. The second kappa shape index (κ2) is 22.4. The highest BCUT2D eigenvalue weighted by Gasteiger charge is 2.23. The van der Waals surface area contributed by atoms with Gasteiger partial charge in [-0.2, -0.15) is 0 Å². The number of ether oxygens (including phenoxy) is 2. The Morgan fingerprint density at radius 1 is 0.588 bits per heavy atom. The molecule has 0 aromatic rings. The van der Waals surface area contributed by atoms with Crippen molar-refractivity contribution >= 4 is 11.9 Å². The maximum atomic E-state index is 11.8. The van der Waals surface area contributed by atoms with Crippen molar-refractivity contribution in [1.82, 2.24) is 0 Å². The zero-order valence-electron chi connectivity index (χ0n) is 23.6. The lowest BCUT2D eigenvalue weighted by atomic mass is 9.90. The molecule has 0 rings (SSSR count). The molecule has 0 amide bonds. The Kier molecular flexibility index (Phi) is 21.7. The fourth-order valence-corrected chi connectivity index (χ4v) is 3.90. The highest BCUT2D eigenvalue weighted by molar-refractivity contribution is 5.77. The van der Waals surface area contributed by atoms with Crippen LogP contribution in [0.3, 0.4) is 0 Å². The van der Waals surface area contributed by atoms with Crippen LogP contribution in [0.15, 0.2) is 0 Å². The van der Waals surface area contributed by atoms with Gasteiger partial charge in [0, 0.05) is 0 Å². The molecule has 202 valence electrons. The number of unbranched alkanes of at least 4 members (excludes halogenated alkanes) is 17. The van der Waals surface area contributed by atoms with Gasteiger partial charge in [0.05, 0.1) is 19.4 Å². The van der Waals surface area contributed by atoms with Crippen molar-refractivity contribution in [3.63, 3.8) is 0 Å². The predicted molar refractivity (Wildman–Crippen MR) is 144 cm³/mol. The van der Waals surface area contributed by atoms with Crippen LogP contribution in [0.1, 0.15) is 163 Å². The van der Waals surface area contributed by atoms with E-state index >= 15 is 0 Å². The number of carbonyl (C=O) groups is 2. The molecule has 0 saturated carbocycles. The molecule has 0 aromatic heterocycles. The standard InChI is InChI=1S/C30H58O4/c1-6-7-8-9-10-11-12-13-14-15-16-17-18-19-20-21-22-23-26-33-28(31)24-25-29(32)34-27(2)30(3,4)5/h27H,6-26H2,1-5H3. The van der Waals surface area contributed by atoms with E-state index in [1.54, 1.807) is 0 Å². The fourth-order valence-electron chi connectivity index (χ4n) is 3.90. The molecular formula is C30H58O4. The summed E-state index contributed by atoms with van der Waals surface area (Å²) in [5.74, 6) is -0.625. The SMILES string of the molecule is CCCCCCCCCCCCCCCCCCCCOC(=O)CCC(=O)OC(C)C(C)(C)C. The summed E-state index contributed by atoms with van der Waals surface area (Å²) < 4.78 is 10.6. The third-order valence-corrected chi connectivity index (χ3v) is 6.82. The van der Waals surface area contributed by atoms with Gasteiger partial charge in [-0.15, -0.1) is 0 Å². The van der Waals surface area contributed by atoms with Crippen molar-refractivity contribution < 1.29 is 19.1 Å². The summed E-state index contributed by atoms with van der Waals surface area (Å²) in [5.41, 5.74) is -0.0944. The molecule has 0 radical (unpaired) electrons. The van der Waals surface area contributed by atoms with E-state index < -0.39 is 0 Å². The Hall–Kier alpha value is -1.06. The van der Waals surface area contributed by atoms with Crippen molar-refractivity contribution in [2.45, 2.75) is 169 Å². The van der Waals surface area contributed by atoms with Crippen molar-refractivity contribution in [2.24, 2.45) is 5.41 Å². The van der Waals surface area contributed by atoms with Gasteiger partial charge in [-0.1, -0.05) is 137 Å². The molecular weight excluding hydrogens is 424 g/mol. The molecule has 34 heavy (non-hydrogen) atoms. The fraction of sp³-hybridized carbons (Fsp3) is 0.933. The van der Waals surface area contributed by atoms with E-state index in [0.29, 0.717) is 6.61 Å². The third kappa shape index (κ3) is 22.7. The van der Waals surface area contributed by atoms with E-state index in [9.17, 15) is 9.59 Å². The Bertz CT molecular complexity index is 481. The number of hydrogen-bond donors (Lipinski definition) is 0. The average Bonchev–Trinajstić information content (AvgIpc) is 2.78. The first-order valence-electron chi connectivity index (χ1n) is 14.6. The first-order valence-corrected chi connectivity index (χ1v) is 14.6. The summed E-state index contributed by atoms with van der Waals surface area (Å²) in [6, 6.07) is 0. The monoisotopic (exact) mass is 482 g/mol. The Balaban J connectivity index is 3.31. The van der Waals surface area contributed by atoms with Crippen molar-refractivity contribution in [3.8, 4) is 0 Å². The number of rotatable bonds is 23. The van der Waals surface area contributed by atoms with Crippen LogP contribution in [0.4, 0.5) is 0 Å². The molecule has 1 unspecified atom stereocenters. The second-order valence-electron chi connectivity index (χ2n) is 11.2. The molecule has 4 nitrogen and oxygen atoms in total. The second-order valence-corrected chi connectivity index (χ2v) is 11.2. The summed E-state index contributed by atoms with van der Waals surface area (Å²) >= 11 is 0. The van der Waals surface area contributed by atoms with Crippen LogP contribution in [-0.2, 0) is 19.1 Å². The van der Waals surface area contributed by atoms with Crippen molar-refractivity contribution in [3.05, 3.63) is 0 Å². The van der Waals surface area contributed by atoms with E-state index in [4.69, 9.17) is 9.47 Å². The topological polar surface area (TPSA) is 52.6 Å². The lowest BCUT2D eigenvalue weighted by Crippen LogP contribution is -2.28. The average molecular weight is 483 g/mol. The molecule has 0 saturated heterocycles. The van der Waals surface area contributed by atoms with Crippen LogP contribution >= 0.6 is 0 Å². The van der Waals surface area contributed by atoms with Crippen LogP contribution in [0.25, 0.3) is 0 Å². The van der Waals surface area contributed by atoms with Gasteiger partial charge >= 0.3 is 11.9 Å². The van der Waals surface area contributed by atoms with Crippen LogP contribution in [0.2, 0.25) is 0 Å². The van der Waals surface area contributed by atoms with Crippen LogP contribution in [-0.4, -0.2) is 24.6 Å². The zero-order valence-corrected chi connectivity index (χ0v) is 23.6. The molecule has 0 aliphatic heterocycles. The molecule has 0 aliphatic rings. The summed E-state index contributed by atoms with van der Waals surface area (Å²) in [7, 11) is 0. The lowest BCUT2D eigenvalue weighted by Gasteiger charge is -2.26. The third-order valence-electron chi connectivity index (χ3n) is 6.82. The van der Waals surface area contributed by atoms with Gasteiger partial charge in [-0.05, 0) is 18.8 Å². The van der Waals surface area contributed by atoms with E-state index in [2.05, 4.69) is 6.92 Å². The smallest absolute Gasteiger partial charge is 0.306 e. The van der Waals surface area contributed by atoms with E-state index in [1.807, 2.05) is 27.7 Å². The van der Waals surface area contributed by atoms with E-state index in [0.717, 1.165) is 12.8 Å². The molecule has 4 heteroatoms. The quantitative estimate of drug-likeness (QED) is 0.107. The maximum absolute atomic E-state index is 11.8. The summed E-state index contributed by atoms with van der Waals surface area (Å²) in [6.45, 7) is 10.7. The molecule has 0 heterocycles. The minimum absolute atomic E-state index is 0.0944. The van der Waals surface area contributed by atoms with Gasteiger partial charge in [0.15, 0.2) is 0 Å². The number of carbonyl (C=O) groups excluding carboxylic acids is 2. The van der Waals surface area contributed by atoms with Crippen LogP contribution in [0, 0.1) is 5.41 Å². The van der Waals surface area contributed by atoms with E-state index in [1.165, 1.54) is 103 Å². The highest BCUT2D eigenvalue weighted by atomic mass is 16.5. The number of esters is 2. The Morgan fingerprint density at radius 2 is 0.941 bits per heavy atom. The lowest BCUT2D eigenvalue weighted by molar-refractivity contribution is -0.156. The maximum Gasteiger partial charge on any atom is 0.306 e. The normalized spacial score (nSPS) is 12.5. The number of hydrogen-bond acceptors (Lipinski definition) is 4. The van der Waals surface area contributed by atoms with Gasteiger partial charge in [0.1, 0.15) is 6.10 Å². The zero-order chi connectivity index (χ0) is 25.5. The minimum atomic E-state index is -0.326. The molecule has 0 fully saturated rings. The van der Waals surface area contributed by atoms with Crippen LogP contribution in [0.5, 0.6) is 0 Å².